The number of nitriles is 1. The monoisotopic (exact) mass is 825 g/mol. The first-order chi connectivity index (χ1) is 29.9. The van der Waals surface area contributed by atoms with Crippen LogP contribution in [0.2, 0.25) is 0 Å². The van der Waals surface area contributed by atoms with Crippen LogP contribution in [0, 0.1) is 11.3 Å². The van der Waals surface area contributed by atoms with Crippen LogP contribution in [-0.2, 0) is 41.4 Å². The SMILES string of the molecule is CCc1ccc2cc([C@@]3(n4cnc5c(N)ncnc54)O[C@H](COC(c4ccccc4)(c4ccc(OC)cc4)c4ccc(OC)cc4)[C@@H](O)[C@H]3OCOCOCCC#N)[nH]c2c1. The molecule has 4 N–H and O–H groups in total. The molecule has 0 aliphatic carbocycles. The molecule has 3 aromatic heterocycles. The molecular formula is C46H47N7O8. The van der Waals surface area contributed by atoms with E-state index in [0.717, 1.165) is 39.6 Å². The van der Waals surface area contributed by atoms with Crippen LogP contribution in [0.4, 0.5) is 5.82 Å². The first-order valence-corrected chi connectivity index (χ1v) is 19.9. The van der Waals surface area contributed by atoms with Gasteiger partial charge in [0.1, 0.15) is 60.8 Å². The number of nitrogens with two attached hydrogens (primary N) is 1. The number of aliphatic hydroxyl groups is 1. The van der Waals surface area contributed by atoms with Crippen molar-refractivity contribution in [2.75, 3.05) is 46.8 Å². The van der Waals surface area contributed by atoms with Crippen molar-refractivity contribution in [1.82, 2.24) is 24.5 Å². The second-order valence-electron chi connectivity index (χ2n) is 14.5. The van der Waals surface area contributed by atoms with Crippen LogP contribution in [0.15, 0.2) is 116 Å². The molecule has 7 aromatic rings. The zero-order chi connectivity index (χ0) is 42.4. The van der Waals surface area contributed by atoms with Crippen LogP contribution in [0.1, 0.15) is 41.3 Å². The number of hydrogen-bond acceptors (Lipinski definition) is 13. The Hall–Kier alpha value is -6.38. The van der Waals surface area contributed by atoms with Gasteiger partial charge in [0.05, 0.1) is 51.9 Å². The Morgan fingerprint density at radius 3 is 2.26 bits per heavy atom. The number of nitrogens with one attached hydrogen (secondary N) is 1. The number of aliphatic hydroxyl groups excluding tert-OH is 1. The van der Waals surface area contributed by atoms with Gasteiger partial charge >= 0.3 is 0 Å². The third-order valence-electron chi connectivity index (χ3n) is 11.1. The highest BCUT2D eigenvalue weighted by molar-refractivity contribution is 5.83. The molecule has 15 nitrogen and oxygen atoms in total. The molecule has 0 amide bonds. The van der Waals surface area contributed by atoms with E-state index in [-0.39, 0.29) is 39.0 Å². The summed E-state index contributed by atoms with van der Waals surface area (Å²) >= 11 is 0. The lowest BCUT2D eigenvalue weighted by atomic mass is 9.80. The maximum atomic E-state index is 12.7. The third kappa shape index (κ3) is 7.77. The van der Waals surface area contributed by atoms with E-state index in [1.54, 1.807) is 25.1 Å². The quantitative estimate of drug-likeness (QED) is 0.0505. The van der Waals surface area contributed by atoms with Gasteiger partial charge in [0, 0.05) is 5.52 Å². The highest BCUT2D eigenvalue weighted by Gasteiger charge is 2.60. The maximum absolute atomic E-state index is 12.7. The fraction of sp³-hybridized carbons (Fsp3) is 0.304. The van der Waals surface area contributed by atoms with E-state index in [1.165, 1.54) is 6.33 Å². The molecule has 0 unspecified atom stereocenters. The number of aryl methyl sites for hydroxylation is 1. The molecule has 0 bridgehead atoms. The Labute approximate surface area is 352 Å². The molecule has 0 spiro atoms. The summed E-state index contributed by atoms with van der Waals surface area (Å²) in [4.78, 5) is 17.0. The minimum atomic E-state index is -1.66. The van der Waals surface area contributed by atoms with Gasteiger partial charge in [0.15, 0.2) is 11.5 Å². The van der Waals surface area contributed by atoms with Crippen molar-refractivity contribution in [2.24, 2.45) is 0 Å². The molecule has 1 aliphatic rings. The molecule has 1 saturated heterocycles. The minimum Gasteiger partial charge on any atom is -0.497 e. The Morgan fingerprint density at radius 2 is 1.59 bits per heavy atom. The molecule has 314 valence electrons. The third-order valence-corrected chi connectivity index (χ3v) is 11.1. The first-order valence-electron chi connectivity index (χ1n) is 19.9. The number of methoxy groups -OCH3 is 2. The second kappa shape index (κ2) is 18.1. The van der Waals surface area contributed by atoms with Crippen molar-refractivity contribution in [3.05, 3.63) is 144 Å². The number of H-pyrrole nitrogens is 1. The Morgan fingerprint density at radius 1 is 0.885 bits per heavy atom. The zero-order valence-electron chi connectivity index (χ0n) is 34.1. The number of fused-ring (bicyclic) bond motifs is 2. The van der Waals surface area contributed by atoms with Crippen molar-refractivity contribution in [3.63, 3.8) is 0 Å². The van der Waals surface area contributed by atoms with Crippen LogP contribution in [0.5, 0.6) is 11.5 Å². The van der Waals surface area contributed by atoms with E-state index < -0.39 is 29.6 Å². The predicted octanol–water partition coefficient (Wildman–Crippen LogP) is 6.19. The molecule has 1 aliphatic heterocycles. The Kier molecular flexibility index (Phi) is 12.3. The van der Waals surface area contributed by atoms with Crippen molar-refractivity contribution in [1.29, 1.82) is 5.26 Å². The van der Waals surface area contributed by atoms with E-state index in [9.17, 15) is 5.11 Å². The second-order valence-corrected chi connectivity index (χ2v) is 14.5. The lowest BCUT2D eigenvalue weighted by Crippen LogP contribution is -2.48. The van der Waals surface area contributed by atoms with Crippen LogP contribution in [0.25, 0.3) is 22.1 Å². The first kappa shape index (κ1) is 41.4. The number of anilines is 1. The summed E-state index contributed by atoms with van der Waals surface area (Å²) < 4.78 is 45.1. The molecular weight excluding hydrogens is 779 g/mol. The lowest BCUT2D eigenvalue weighted by Gasteiger charge is -2.37. The maximum Gasteiger partial charge on any atom is 0.218 e. The predicted molar refractivity (Wildman–Crippen MR) is 226 cm³/mol. The summed E-state index contributed by atoms with van der Waals surface area (Å²) in [6, 6.07) is 35.5. The Balaban J connectivity index is 1.27. The number of rotatable bonds is 18. The smallest absolute Gasteiger partial charge is 0.218 e. The van der Waals surface area contributed by atoms with Crippen molar-refractivity contribution < 1.29 is 38.3 Å². The van der Waals surface area contributed by atoms with Gasteiger partial charge in [-0.3, -0.25) is 4.57 Å². The summed E-state index contributed by atoms with van der Waals surface area (Å²) in [6.45, 7) is 1.70. The Bertz CT molecular complexity index is 2550. The van der Waals surface area contributed by atoms with Gasteiger partial charge in [-0.15, -0.1) is 0 Å². The molecule has 15 heteroatoms. The number of imidazole rings is 1. The highest BCUT2D eigenvalue weighted by atomic mass is 16.7. The van der Waals surface area contributed by atoms with Crippen molar-refractivity contribution in [2.45, 2.75) is 49.4 Å². The van der Waals surface area contributed by atoms with Gasteiger partial charge in [-0.2, -0.15) is 5.26 Å². The zero-order valence-corrected chi connectivity index (χ0v) is 34.1. The van der Waals surface area contributed by atoms with Crippen molar-refractivity contribution in [3.8, 4) is 17.6 Å². The number of aromatic amines is 1. The van der Waals surface area contributed by atoms with E-state index >= 15 is 0 Å². The fourth-order valence-electron chi connectivity index (χ4n) is 8.03. The molecule has 61 heavy (non-hydrogen) atoms. The van der Waals surface area contributed by atoms with Gasteiger partial charge in [-0.05, 0) is 70.5 Å². The molecule has 4 heterocycles. The standard InChI is InChI=1S/C46H47N7O8/c1-4-30-11-12-31-24-39(52-37(31)23-30)46(53-27-51-40-43(48)49-26-50-44(40)53)42(59-29-58-28-57-22-8-21-47)41(54)38(61-46)25-60-45(32-9-6-5-7-10-32,33-13-17-35(55-2)18-14-33)34-15-19-36(56-3)20-16-34/h5-7,9-20,23-24,26-27,38,41-42,52,54H,4,8,22,25,28-29H2,1-3H3,(H2,48,49,50)/t38-,41-,42-,46-/m1/s1. The van der Waals surface area contributed by atoms with Gasteiger partial charge < -0.3 is 49.0 Å². The largest absolute Gasteiger partial charge is 0.497 e. The highest BCUT2D eigenvalue weighted by Crippen LogP contribution is 2.47. The van der Waals surface area contributed by atoms with E-state index in [4.69, 9.17) is 44.2 Å². The lowest BCUT2D eigenvalue weighted by molar-refractivity contribution is -0.196. The van der Waals surface area contributed by atoms with Gasteiger partial charge in [-0.1, -0.05) is 73.7 Å². The van der Waals surface area contributed by atoms with Gasteiger partial charge in [0.2, 0.25) is 5.72 Å². The number of nitrogens with zero attached hydrogens (tertiary/aromatic N) is 5. The number of ether oxygens (including phenoxy) is 7. The molecule has 8 rings (SSSR count). The number of hydrogen-bond donors (Lipinski definition) is 3. The number of nitrogen functional groups attached to an aromatic ring is 1. The van der Waals surface area contributed by atoms with Crippen LogP contribution in [-0.4, -0.2) is 88.9 Å². The average molecular weight is 826 g/mol. The van der Waals surface area contributed by atoms with Crippen LogP contribution < -0.4 is 15.2 Å². The summed E-state index contributed by atoms with van der Waals surface area (Å²) in [5.41, 5.74) is 9.10. The van der Waals surface area contributed by atoms with E-state index in [0.29, 0.717) is 28.4 Å². The minimum absolute atomic E-state index is 0.141. The number of benzene rings is 4. The topological polar surface area (TPSA) is 194 Å². The molecule has 4 aromatic carbocycles. The van der Waals surface area contributed by atoms with Gasteiger partial charge in [-0.25, -0.2) is 15.0 Å². The summed E-state index contributed by atoms with van der Waals surface area (Å²) in [6.07, 6.45) is 0.408. The summed E-state index contributed by atoms with van der Waals surface area (Å²) in [7, 11) is 3.24. The van der Waals surface area contributed by atoms with E-state index in [1.807, 2.05) is 97.1 Å². The molecule has 0 radical (unpaired) electrons. The normalized spacial score (nSPS) is 19.0. The van der Waals surface area contributed by atoms with Crippen molar-refractivity contribution >= 4 is 27.9 Å². The van der Waals surface area contributed by atoms with Gasteiger partial charge in [0.25, 0.3) is 0 Å². The van der Waals surface area contributed by atoms with Crippen LogP contribution >= 0.6 is 0 Å². The summed E-state index contributed by atoms with van der Waals surface area (Å²) in [5, 5.41) is 22.5. The fourth-order valence-corrected chi connectivity index (χ4v) is 8.03. The van der Waals surface area contributed by atoms with E-state index in [2.05, 4.69) is 39.0 Å². The molecule has 0 saturated carbocycles. The number of aromatic nitrogens is 5. The molecule has 1 fully saturated rings. The summed E-state index contributed by atoms with van der Waals surface area (Å²) in [5.74, 6) is 1.53. The molecule has 4 atom stereocenters. The van der Waals surface area contributed by atoms with Crippen LogP contribution in [0.3, 0.4) is 0 Å². The average Bonchev–Trinajstić information content (AvgIpc) is 4.02.